The van der Waals surface area contributed by atoms with Gasteiger partial charge >= 0.3 is 5.69 Å². The van der Waals surface area contributed by atoms with Gasteiger partial charge < -0.3 is 0 Å². The van der Waals surface area contributed by atoms with Crippen molar-refractivity contribution < 1.29 is 0 Å². The predicted molar refractivity (Wildman–Crippen MR) is 89.4 cm³/mol. The van der Waals surface area contributed by atoms with Crippen LogP contribution in [0.5, 0.6) is 0 Å². The molecule has 3 aromatic rings. The third kappa shape index (κ3) is 3.14. The molecule has 3 heterocycles. The summed E-state index contributed by atoms with van der Waals surface area (Å²) in [6.45, 7) is 5.54. The van der Waals surface area contributed by atoms with Gasteiger partial charge in [-0.05, 0) is 24.3 Å². The number of pyridine rings is 1. The Morgan fingerprint density at radius 3 is 2.91 bits per heavy atom. The van der Waals surface area contributed by atoms with Crippen molar-refractivity contribution in [3.05, 3.63) is 68.9 Å². The Bertz CT molecular complexity index is 850. The van der Waals surface area contributed by atoms with Gasteiger partial charge in [0, 0.05) is 24.2 Å². The lowest BCUT2D eigenvalue weighted by Gasteiger charge is -2.18. The summed E-state index contributed by atoms with van der Waals surface area (Å²) in [5, 5.41) is 4.35. The third-order valence-corrected chi connectivity index (χ3v) is 4.43. The van der Waals surface area contributed by atoms with Crippen LogP contribution in [0.2, 0.25) is 4.34 Å². The van der Waals surface area contributed by atoms with Crippen molar-refractivity contribution in [2.75, 3.05) is 6.54 Å². The summed E-state index contributed by atoms with van der Waals surface area (Å²) in [5.74, 6) is 0. The highest BCUT2D eigenvalue weighted by Gasteiger charge is 2.11. The molecular weight excluding hydrogens is 320 g/mol. The number of halogens is 1. The lowest BCUT2D eigenvalue weighted by atomic mass is 10.4. The standard InChI is InChI=1S/C15H15ClN4OS/c1-2-8-18(10-12-6-7-13(16)22-12)11-20-15(21)19-9-4-3-5-14(19)17-20/h2-7,9H,1,8,10-11H2. The minimum atomic E-state index is -0.145. The largest absolute Gasteiger partial charge is 0.351 e. The van der Waals surface area contributed by atoms with Crippen LogP contribution < -0.4 is 5.69 Å². The average Bonchev–Trinajstić information content (AvgIpc) is 3.04. The molecule has 0 aliphatic rings. The number of hydrogen-bond donors (Lipinski definition) is 0. The van der Waals surface area contributed by atoms with Gasteiger partial charge in [-0.25, -0.2) is 4.79 Å². The minimum absolute atomic E-state index is 0.145. The maximum Gasteiger partial charge on any atom is 0.351 e. The highest BCUT2D eigenvalue weighted by atomic mass is 35.5. The molecule has 5 nitrogen and oxygen atoms in total. The summed E-state index contributed by atoms with van der Waals surface area (Å²) >= 11 is 7.51. The van der Waals surface area contributed by atoms with Crippen LogP contribution in [0.15, 0.2) is 54.0 Å². The lowest BCUT2D eigenvalue weighted by Crippen LogP contribution is -2.32. The summed E-state index contributed by atoms with van der Waals surface area (Å²) in [6.07, 6.45) is 3.54. The van der Waals surface area contributed by atoms with E-state index >= 15 is 0 Å². The van der Waals surface area contributed by atoms with E-state index in [4.69, 9.17) is 11.6 Å². The molecule has 3 rings (SSSR count). The Hall–Kier alpha value is -1.89. The van der Waals surface area contributed by atoms with Crippen molar-refractivity contribution in [1.29, 1.82) is 0 Å². The van der Waals surface area contributed by atoms with Gasteiger partial charge in [-0.2, -0.15) is 4.68 Å². The summed E-state index contributed by atoms with van der Waals surface area (Å²) < 4.78 is 3.76. The van der Waals surface area contributed by atoms with E-state index in [0.29, 0.717) is 25.4 Å². The van der Waals surface area contributed by atoms with Gasteiger partial charge in [-0.15, -0.1) is 23.0 Å². The second-order valence-corrected chi connectivity index (χ2v) is 6.66. The fourth-order valence-electron chi connectivity index (χ4n) is 2.26. The molecule has 7 heteroatoms. The topological polar surface area (TPSA) is 42.5 Å². The second kappa shape index (κ2) is 6.48. The van der Waals surface area contributed by atoms with E-state index in [1.54, 1.807) is 6.20 Å². The van der Waals surface area contributed by atoms with Crippen molar-refractivity contribution in [2.24, 2.45) is 0 Å². The first-order valence-electron chi connectivity index (χ1n) is 6.79. The van der Waals surface area contributed by atoms with Gasteiger partial charge in [0.15, 0.2) is 5.65 Å². The van der Waals surface area contributed by atoms with E-state index in [0.717, 1.165) is 9.21 Å². The number of hydrogen-bond acceptors (Lipinski definition) is 4. The summed E-state index contributed by atoms with van der Waals surface area (Å²) in [7, 11) is 0. The first-order valence-corrected chi connectivity index (χ1v) is 7.98. The molecule has 114 valence electrons. The van der Waals surface area contributed by atoms with Crippen LogP contribution >= 0.6 is 22.9 Å². The minimum Gasteiger partial charge on any atom is -0.275 e. The molecule has 0 saturated carbocycles. The predicted octanol–water partition coefficient (Wildman–Crippen LogP) is 2.86. The fourth-order valence-corrected chi connectivity index (χ4v) is 3.39. The molecule has 0 radical (unpaired) electrons. The smallest absolute Gasteiger partial charge is 0.275 e. The number of rotatable bonds is 6. The molecule has 0 fully saturated rings. The van der Waals surface area contributed by atoms with Crippen LogP contribution in [-0.2, 0) is 13.2 Å². The van der Waals surface area contributed by atoms with Crippen LogP contribution in [0.4, 0.5) is 0 Å². The SMILES string of the molecule is C=CCN(Cc1ccc(Cl)s1)Cn1nc2ccccn2c1=O. The zero-order valence-electron chi connectivity index (χ0n) is 11.9. The van der Waals surface area contributed by atoms with Crippen molar-refractivity contribution in [3.63, 3.8) is 0 Å². The normalized spacial score (nSPS) is 11.4. The highest BCUT2D eigenvalue weighted by Crippen LogP contribution is 2.22. The Kier molecular flexibility index (Phi) is 4.42. The van der Waals surface area contributed by atoms with Crippen LogP contribution in [0.1, 0.15) is 4.88 Å². The maximum atomic E-state index is 12.3. The van der Waals surface area contributed by atoms with Gasteiger partial charge in [-0.3, -0.25) is 9.30 Å². The van der Waals surface area contributed by atoms with Gasteiger partial charge in [0.05, 0.1) is 11.0 Å². The van der Waals surface area contributed by atoms with Crippen molar-refractivity contribution in [2.45, 2.75) is 13.2 Å². The zero-order valence-corrected chi connectivity index (χ0v) is 13.4. The number of nitrogens with zero attached hydrogens (tertiary/aromatic N) is 4. The summed E-state index contributed by atoms with van der Waals surface area (Å²) in [6, 6.07) is 9.37. The van der Waals surface area contributed by atoms with E-state index in [1.165, 1.54) is 20.4 Å². The Morgan fingerprint density at radius 1 is 1.36 bits per heavy atom. The van der Waals surface area contributed by atoms with Gasteiger partial charge in [0.2, 0.25) is 0 Å². The molecule has 3 aromatic heterocycles. The number of aromatic nitrogens is 3. The van der Waals surface area contributed by atoms with E-state index in [2.05, 4.69) is 16.6 Å². The molecule has 0 atom stereocenters. The van der Waals surface area contributed by atoms with Crippen molar-refractivity contribution in [1.82, 2.24) is 19.1 Å². The Morgan fingerprint density at radius 2 is 2.23 bits per heavy atom. The monoisotopic (exact) mass is 334 g/mol. The van der Waals surface area contributed by atoms with Gasteiger partial charge in [-0.1, -0.05) is 23.7 Å². The van der Waals surface area contributed by atoms with E-state index in [1.807, 2.05) is 36.4 Å². The molecule has 0 saturated heterocycles. The fraction of sp³-hybridized carbons (Fsp3) is 0.200. The first kappa shape index (κ1) is 15.0. The van der Waals surface area contributed by atoms with E-state index in [9.17, 15) is 4.79 Å². The third-order valence-electron chi connectivity index (χ3n) is 3.22. The molecule has 0 unspecified atom stereocenters. The summed E-state index contributed by atoms with van der Waals surface area (Å²) in [4.78, 5) is 15.5. The molecule has 0 aliphatic heterocycles. The van der Waals surface area contributed by atoms with Crippen LogP contribution in [-0.4, -0.2) is 25.6 Å². The summed E-state index contributed by atoms with van der Waals surface area (Å²) in [5.41, 5.74) is 0.499. The molecule has 0 aliphatic carbocycles. The molecule has 0 N–H and O–H groups in total. The number of thiophene rings is 1. The molecule has 0 amide bonds. The van der Waals surface area contributed by atoms with Crippen LogP contribution in [0.3, 0.4) is 0 Å². The van der Waals surface area contributed by atoms with Gasteiger partial charge in [0.25, 0.3) is 0 Å². The van der Waals surface area contributed by atoms with Crippen molar-refractivity contribution in [3.8, 4) is 0 Å². The Balaban J connectivity index is 1.84. The van der Waals surface area contributed by atoms with Crippen LogP contribution in [0.25, 0.3) is 5.65 Å². The maximum absolute atomic E-state index is 12.3. The molecule has 0 spiro atoms. The van der Waals surface area contributed by atoms with Gasteiger partial charge in [0.1, 0.15) is 0 Å². The Labute approximate surface area is 136 Å². The van der Waals surface area contributed by atoms with E-state index in [-0.39, 0.29) is 5.69 Å². The van der Waals surface area contributed by atoms with E-state index < -0.39 is 0 Å². The number of fused-ring (bicyclic) bond motifs is 1. The molecule has 22 heavy (non-hydrogen) atoms. The average molecular weight is 335 g/mol. The van der Waals surface area contributed by atoms with Crippen molar-refractivity contribution >= 4 is 28.6 Å². The second-order valence-electron chi connectivity index (χ2n) is 4.86. The molecule has 0 bridgehead atoms. The molecule has 0 aromatic carbocycles. The molecular formula is C15H15ClN4OS. The van der Waals surface area contributed by atoms with Crippen LogP contribution in [0, 0.1) is 0 Å². The quantitative estimate of drug-likeness (QED) is 0.651. The first-order chi connectivity index (χ1) is 10.7. The zero-order chi connectivity index (χ0) is 15.5. The lowest BCUT2D eigenvalue weighted by molar-refractivity contribution is 0.219. The highest BCUT2D eigenvalue weighted by molar-refractivity contribution is 7.16.